The molecule has 0 bridgehead atoms. The van der Waals surface area contributed by atoms with E-state index < -0.39 is 6.04 Å². The highest BCUT2D eigenvalue weighted by Gasteiger charge is 2.39. The van der Waals surface area contributed by atoms with Crippen molar-refractivity contribution in [1.29, 1.82) is 0 Å². The molecule has 1 fully saturated rings. The van der Waals surface area contributed by atoms with Crippen molar-refractivity contribution in [3.05, 3.63) is 64.2 Å². The summed E-state index contributed by atoms with van der Waals surface area (Å²) < 4.78 is 0. The molecule has 0 saturated carbocycles. The van der Waals surface area contributed by atoms with Gasteiger partial charge in [-0.25, -0.2) is 0 Å². The van der Waals surface area contributed by atoms with Gasteiger partial charge in [-0.3, -0.25) is 19.7 Å². The van der Waals surface area contributed by atoms with E-state index >= 15 is 0 Å². The van der Waals surface area contributed by atoms with Crippen LogP contribution < -0.4 is 16.0 Å². The maximum atomic E-state index is 12.9. The Hall–Kier alpha value is -3.19. The summed E-state index contributed by atoms with van der Waals surface area (Å²) in [4.78, 5) is 38.2. The van der Waals surface area contributed by atoms with Crippen molar-refractivity contribution >= 4 is 23.4 Å². The zero-order valence-electron chi connectivity index (χ0n) is 16.0. The summed E-state index contributed by atoms with van der Waals surface area (Å²) >= 11 is 0. The van der Waals surface area contributed by atoms with Crippen LogP contribution in [0.5, 0.6) is 0 Å². The molecule has 0 spiro atoms. The number of rotatable bonds is 4. The van der Waals surface area contributed by atoms with Gasteiger partial charge in [0.25, 0.3) is 5.91 Å². The van der Waals surface area contributed by atoms with Crippen LogP contribution in [0, 0.1) is 0 Å². The third kappa shape index (κ3) is 3.07. The van der Waals surface area contributed by atoms with Gasteiger partial charge in [0, 0.05) is 43.9 Å². The lowest BCUT2D eigenvalue weighted by Crippen LogP contribution is -2.52. The van der Waals surface area contributed by atoms with Crippen molar-refractivity contribution in [3.8, 4) is 0 Å². The minimum atomic E-state index is -0.586. The molecule has 3 amide bonds. The summed E-state index contributed by atoms with van der Waals surface area (Å²) in [5.74, 6) is -0.791. The molecular weight excluding hydrogens is 368 g/mol. The monoisotopic (exact) mass is 390 g/mol. The number of hydrogen-bond acceptors (Lipinski definition) is 5. The quantitative estimate of drug-likeness (QED) is 0.691. The summed E-state index contributed by atoms with van der Waals surface area (Å²) in [6.45, 7) is 2.75. The molecule has 3 N–H and O–H groups in total. The van der Waals surface area contributed by atoms with Gasteiger partial charge in [0.1, 0.15) is 6.04 Å². The Morgan fingerprint density at radius 1 is 1.03 bits per heavy atom. The maximum absolute atomic E-state index is 12.9. The number of amides is 3. The number of anilines is 1. The van der Waals surface area contributed by atoms with Crippen LogP contribution in [-0.4, -0.2) is 28.7 Å². The number of carbonyl (C=O) groups is 3. The second kappa shape index (κ2) is 7.00. The highest BCUT2D eigenvalue weighted by molar-refractivity contribution is 6.05. The molecule has 7 heteroatoms. The molecule has 0 aromatic heterocycles. The Balaban J connectivity index is 1.37. The predicted octanol–water partition coefficient (Wildman–Crippen LogP) is 1.66. The van der Waals surface area contributed by atoms with Crippen LogP contribution in [0.4, 0.5) is 5.69 Å². The third-order valence-electron chi connectivity index (χ3n) is 6.04. The molecule has 29 heavy (non-hydrogen) atoms. The molecular formula is C22H22N4O3. The number of hydrogen-bond donors (Lipinski definition) is 3. The van der Waals surface area contributed by atoms with Crippen molar-refractivity contribution in [2.24, 2.45) is 0 Å². The van der Waals surface area contributed by atoms with Gasteiger partial charge in [0.15, 0.2) is 0 Å². The minimum absolute atomic E-state index is 0.138. The number of benzene rings is 2. The minimum Gasteiger partial charge on any atom is -0.381 e. The lowest BCUT2D eigenvalue weighted by atomic mass is 10.0. The van der Waals surface area contributed by atoms with Crippen LogP contribution in [0.3, 0.4) is 0 Å². The molecule has 5 rings (SSSR count). The van der Waals surface area contributed by atoms with Crippen molar-refractivity contribution in [1.82, 2.24) is 15.5 Å². The molecule has 3 heterocycles. The van der Waals surface area contributed by atoms with E-state index in [1.165, 1.54) is 11.1 Å². The summed E-state index contributed by atoms with van der Waals surface area (Å²) in [6, 6.07) is 11.4. The smallest absolute Gasteiger partial charge is 0.255 e. The van der Waals surface area contributed by atoms with Gasteiger partial charge < -0.3 is 15.5 Å². The first-order valence-corrected chi connectivity index (χ1v) is 9.92. The molecule has 1 saturated heterocycles. The number of carbonyl (C=O) groups excluding carboxylic acids is 3. The third-order valence-corrected chi connectivity index (χ3v) is 6.04. The Bertz CT molecular complexity index is 1030. The number of fused-ring (bicyclic) bond motifs is 2. The molecule has 2 aromatic rings. The van der Waals surface area contributed by atoms with Crippen LogP contribution in [0.1, 0.15) is 45.5 Å². The predicted molar refractivity (Wildman–Crippen MR) is 107 cm³/mol. The van der Waals surface area contributed by atoms with Crippen LogP contribution >= 0.6 is 0 Å². The number of imide groups is 1. The van der Waals surface area contributed by atoms with Gasteiger partial charge in [-0.1, -0.05) is 24.3 Å². The summed E-state index contributed by atoms with van der Waals surface area (Å²) in [5.41, 5.74) is 6.37. The van der Waals surface area contributed by atoms with Crippen molar-refractivity contribution in [3.63, 3.8) is 0 Å². The van der Waals surface area contributed by atoms with E-state index in [0.717, 1.165) is 29.9 Å². The molecule has 3 aliphatic heterocycles. The summed E-state index contributed by atoms with van der Waals surface area (Å²) in [5, 5.41) is 9.24. The first-order chi connectivity index (χ1) is 14.1. The Morgan fingerprint density at radius 3 is 2.76 bits per heavy atom. The molecule has 0 aliphatic carbocycles. The van der Waals surface area contributed by atoms with Gasteiger partial charge in [-0.15, -0.1) is 0 Å². The fraction of sp³-hybridized carbons (Fsp3) is 0.318. The van der Waals surface area contributed by atoms with E-state index in [-0.39, 0.29) is 24.1 Å². The highest BCUT2D eigenvalue weighted by atomic mass is 16.2. The van der Waals surface area contributed by atoms with E-state index in [0.29, 0.717) is 25.1 Å². The average molecular weight is 390 g/mol. The highest BCUT2D eigenvalue weighted by Crippen LogP contribution is 2.31. The van der Waals surface area contributed by atoms with Crippen LogP contribution in [0.2, 0.25) is 0 Å². The fourth-order valence-corrected chi connectivity index (χ4v) is 4.50. The molecule has 2 aromatic carbocycles. The van der Waals surface area contributed by atoms with E-state index in [1.807, 2.05) is 18.2 Å². The van der Waals surface area contributed by atoms with Gasteiger partial charge in [-0.05, 0) is 40.8 Å². The number of nitrogens with zero attached hydrogens (tertiary/aromatic N) is 1. The van der Waals surface area contributed by atoms with E-state index in [9.17, 15) is 14.4 Å². The SMILES string of the molecule is O=C1CCC(N2Cc3c(CNc4cccc5c4CNC5)cccc3C2=O)C(=O)N1. The molecule has 3 aliphatic rings. The summed E-state index contributed by atoms with van der Waals surface area (Å²) in [7, 11) is 0. The van der Waals surface area contributed by atoms with E-state index in [4.69, 9.17) is 0 Å². The van der Waals surface area contributed by atoms with Gasteiger partial charge in [0.05, 0.1) is 0 Å². The topological polar surface area (TPSA) is 90.5 Å². The Labute approximate surface area is 168 Å². The molecule has 7 nitrogen and oxygen atoms in total. The molecule has 1 unspecified atom stereocenters. The number of piperidine rings is 1. The Kier molecular flexibility index (Phi) is 4.32. The lowest BCUT2D eigenvalue weighted by Gasteiger charge is -2.29. The maximum Gasteiger partial charge on any atom is 0.255 e. The molecule has 148 valence electrons. The van der Waals surface area contributed by atoms with Crippen molar-refractivity contribution in [2.75, 3.05) is 5.32 Å². The van der Waals surface area contributed by atoms with Crippen LogP contribution in [0.15, 0.2) is 36.4 Å². The van der Waals surface area contributed by atoms with Crippen molar-refractivity contribution in [2.45, 2.75) is 45.1 Å². The standard InChI is InChI=1S/C22H22N4O3/c27-20-8-7-19(21(28)25-20)26-12-17-14(3-1-5-15(17)22(26)29)10-24-18-6-2-4-13-9-23-11-16(13)18/h1-6,19,23-24H,7-12H2,(H,25,27,28). The van der Waals surface area contributed by atoms with Gasteiger partial charge >= 0.3 is 0 Å². The van der Waals surface area contributed by atoms with Crippen molar-refractivity contribution < 1.29 is 14.4 Å². The van der Waals surface area contributed by atoms with Gasteiger partial charge in [0.2, 0.25) is 11.8 Å². The second-order valence-corrected chi connectivity index (χ2v) is 7.74. The van der Waals surface area contributed by atoms with E-state index in [1.54, 1.807) is 4.90 Å². The van der Waals surface area contributed by atoms with Gasteiger partial charge in [-0.2, -0.15) is 0 Å². The molecule has 1 atom stereocenters. The second-order valence-electron chi connectivity index (χ2n) is 7.74. The largest absolute Gasteiger partial charge is 0.381 e. The lowest BCUT2D eigenvalue weighted by molar-refractivity contribution is -0.136. The van der Waals surface area contributed by atoms with Crippen LogP contribution in [-0.2, 0) is 35.8 Å². The fourth-order valence-electron chi connectivity index (χ4n) is 4.50. The van der Waals surface area contributed by atoms with E-state index in [2.05, 4.69) is 34.1 Å². The first-order valence-electron chi connectivity index (χ1n) is 9.92. The normalized spacial score (nSPS) is 20.5. The zero-order chi connectivity index (χ0) is 20.0. The number of nitrogens with one attached hydrogen (secondary N) is 3. The zero-order valence-corrected chi connectivity index (χ0v) is 16.0. The Morgan fingerprint density at radius 2 is 1.90 bits per heavy atom. The molecule has 0 radical (unpaired) electrons. The average Bonchev–Trinajstić information content (AvgIpc) is 3.32. The summed E-state index contributed by atoms with van der Waals surface area (Å²) in [6.07, 6.45) is 0.638. The van der Waals surface area contributed by atoms with Crippen LogP contribution in [0.25, 0.3) is 0 Å². The first kappa shape index (κ1) is 17.9.